The van der Waals surface area contributed by atoms with Gasteiger partial charge in [-0.05, 0) is 37.1 Å². The molecule has 0 heterocycles. The van der Waals surface area contributed by atoms with Crippen LogP contribution in [0.25, 0.3) is 0 Å². The van der Waals surface area contributed by atoms with Crippen molar-refractivity contribution in [2.75, 3.05) is 25.5 Å². The molecule has 0 aliphatic rings. The Hall–Kier alpha value is -1.09. The first kappa shape index (κ1) is 13.0. The third-order valence-electron chi connectivity index (χ3n) is 2.53. The van der Waals surface area contributed by atoms with Crippen LogP contribution >= 0.6 is 0 Å². The van der Waals surface area contributed by atoms with Crippen LogP contribution in [0.5, 0.6) is 0 Å². The highest BCUT2D eigenvalue weighted by atomic mass is 19.1. The molecule has 0 spiro atoms. The Morgan fingerprint density at radius 2 is 1.88 bits per heavy atom. The van der Waals surface area contributed by atoms with Crippen LogP contribution in [-0.4, -0.2) is 24.7 Å². The van der Waals surface area contributed by atoms with E-state index in [0.29, 0.717) is 6.42 Å². The summed E-state index contributed by atoms with van der Waals surface area (Å²) in [7, 11) is 0. The summed E-state index contributed by atoms with van der Waals surface area (Å²) in [5.74, 6) is 0. The second-order valence-corrected chi connectivity index (χ2v) is 4.06. The molecule has 0 saturated heterocycles. The first-order valence-corrected chi connectivity index (χ1v) is 5.89. The average Bonchev–Trinajstić information content (AvgIpc) is 2.29. The summed E-state index contributed by atoms with van der Waals surface area (Å²) in [6.45, 7) is 4.64. The molecule has 0 radical (unpaired) electrons. The monoisotopic (exact) mass is 224 g/mol. The van der Waals surface area contributed by atoms with Gasteiger partial charge in [0.1, 0.15) is 0 Å². The molecule has 3 heteroatoms. The number of alkyl halides is 1. The summed E-state index contributed by atoms with van der Waals surface area (Å²) in [6.07, 6.45) is 1.72. The maximum absolute atomic E-state index is 12.1. The minimum atomic E-state index is -0.234. The summed E-state index contributed by atoms with van der Waals surface area (Å²) in [5.41, 5.74) is 7.66. The number of halogens is 1. The zero-order valence-corrected chi connectivity index (χ0v) is 9.95. The van der Waals surface area contributed by atoms with Crippen molar-refractivity contribution >= 4 is 5.69 Å². The Labute approximate surface area is 97.3 Å². The minimum Gasteiger partial charge on any atom is -0.399 e. The molecule has 2 nitrogen and oxygen atoms in total. The quantitative estimate of drug-likeness (QED) is 0.722. The van der Waals surface area contributed by atoms with Gasteiger partial charge in [-0.1, -0.05) is 19.1 Å². The lowest BCUT2D eigenvalue weighted by Gasteiger charge is -2.21. The van der Waals surface area contributed by atoms with Crippen LogP contribution in [0.1, 0.15) is 25.3 Å². The minimum absolute atomic E-state index is 0.234. The molecule has 0 bridgehead atoms. The standard InChI is InChI=1S/C13H21FN2/c1-2-9-16(10-3-8-14)11-12-4-6-13(15)7-5-12/h4-7H,2-3,8-11,15H2,1H3. The number of hydrogen-bond donors (Lipinski definition) is 1. The molecule has 2 N–H and O–H groups in total. The SMILES string of the molecule is CCCN(CCCF)Cc1ccc(N)cc1. The molecule has 1 aromatic carbocycles. The van der Waals surface area contributed by atoms with Crippen molar-refractivity contribution in [2.24, 2.45) is 0 Å². The Morgan fingerprint density at radius 3 is 2.44 bits per heavy atom. The Morgan fingerprint density at radius 1 is 1.19 bits per heavy atom. The van der Waals surface area contributed by atoms with Gasteiger partial charge >= 0.3 is 0 Å². The molecule has 90 valence electrons. The summed E-state index contributed by atoms with van der Waals surface area (Å²) < 4.78 is 12.1. The predicted octanol–water partition coefficient (Wildman–Crippen LogP) is 2.84. The van der Waals surface area contributed by atoms with Crippen LogP contribution in [0.2, 0.25) is 0 Å². The van der Waals surface area contributed by atoms with Crippen LogP contribution in [0, 0.1) is 0 Å². The van der Waals surface area contributed by atoms with Crippen LogP contribution in [-0.2, 0) is 6.54 Å². The van der Waals surface area contributed by atoms with Crippen molar-refractivity contribution in [2.45, 2.75) is 26.3 Å². The molecule has 1 aromatic rings. The maximum atomic E-state index is 12.1. The number of nitrogens with two attached hydrogens (primary N) is 1. The highest BCUT2D eigenvalue weighted by Gasteiger charge is 2.04. The third kappa shape index (κ3) is 4.62. The topological polar surface area (TPSA) is 29.3 Å². The summed E-state index contributed by atoms with van der Waals surface area (Å²) in [5, 5.41) is 0. The van der Waals surface area contributed by atoms with E-state index < -0.39 is 0 Å². The smallest absolute Gasteiger partial charge is 0.0906 e. The van der Waals surface area contributed by atoms with Crippen molar-refractivity contribution < 1.29 is 4.39 Å². The van der Waals surface area contributed by atoms with Crippen molar-refractivity contribution in [3.05, 3.63) is 29.8 Å². The van der Waals surface area contributed by atoms with Crippen molar-refractivity contribution in [3.8, 4) is 0 Å². The lowest BCUT2D eigenvalue weighted by Crippen LogP contribution is -2.25. The number of benzene rings is 1. The number of hydrogen-bond acceptors (Lipinski definition) is 2. The van der Waals surface area contributed by atoms with Gasteiger partial charge < -0.3 is 5.73 Å². The van der Waals surface area contributed by atoms with E-state index in [0.717, 1.165) is 31.7 Å². The lowest BCUT2D eigenvalue weighted by molar-refractivity contribution is 0.251. The summed E-state index contributed by atoms with van der Waals surface area (Å²) in [6, 6.07) is 7.89. The molecule has 1 rings (SSSR count). The highest BCUT2D eigenvalue weighted by Crippen LogP contribution is 2.09. The van der Waals surface area contributed by atoms with Gasteiger partial charge in [0.15, 0.2) is 0 Å². The van der Waals surface area contributed by atoms with E-state index in [1.165, 1.54) is 5.56 Å². The number of nitrogen functional groups attached to an aromatic ring is 1. The molecule has 0 amide bonds. The van der Waals surface area contributed by atoms with Gasteiger partial charge in [0.2, 0.25) is 0 Å². The van der Waals surface area contributed by atoms with Gasteiger partial charge in [-0.25, -0.2) is 0 Å². The molecule has 0 atom stereocenters. The van der Waals surface area contributed by atoms with Crippen molar-refractivity contribution in [1.29, 1.82) is 0 Å². The van der Waals surface area contributed by atoms with Crippen LogP contribution in [0.4, 0.5) is 10.1 Å². The third-order valence-corrected chi connectivity index (χ3v) is 2.53. The molecule has 0 aliphatic heterocycles. The Bertz CT molecular complexity index is 284. The Kier molecular flexibility index (Phi) is 5.86. The van der Waals surface area contributed by atoms with Gasteiger partial charge in [0.05, 0.1) is 6.67 Å². The fourth-order valence-corrected chi connectivity index (χ4v) is 1.75. The molecule has 0 saturated carbocycles. The van der Waals surface area contributed by atoms with Gasteiger partial charge in [-0.2, -0.15) is 0 Å². The van der Waals surface area contributed by atoms with Gasteiger partial charge in [-0.15, -0.1) is 0 Å². The van der Waals surface area contributed by atoms with E-state index in [-0.39, 0.29) is 6.67 Å². The van der Waals surface area contributed by atoms with Crippen molar-refractivity contribution in [3.63, 3.8) is 0 Å². The zero-order valence-electron chi connectivity index (χ0n) is 9.95. The second-order valence-electron chi connectivity index (χ2n) is 4.06. The number of rotatable bonds is 7. The first-order valence-electron chi connectivity index (χ1n) is 5.89. The highest BCUT2D eigenvalue weighted by molar-refractivity contribution is 5.39. The van der Waals surface area contributed by atoms with E-state index in [2.05, 4.69) is 11.8 Å². The summed E-state index contributed by atoms with van der Waals surface area (Å²) in [4.78, 5) is 2.28. The fourth-order valence-electron chi connectivity index (χ4n) is 1.75. The molecule has 16 heavy (non-hydrogen) atoms. The largest absolute Gasteiger partial charge is 0.399 e. The molecule has 0 aliphatic carbocycles. The number of anilines is 1. The average molecular weight is 224 g/mol. The molecule has 0 unspecified atom stereocenters. The van der Waals surface area contributed by atoms with Gasteiger partial charge in [-0.3, -0.25) is 9.29 Å². The number of nitrogens with zero attached hydrogens (tertiary/aromatic N) is 1. The normalized spacial score (nSPS) is 10.9. The first-order chi connectivity index (χ1) is 7.76. The lowest BCUT2D eigenvalue weighted by atomic mass is 10.2. The van der Waals surface area contributed by atoms with E-state index in [4.69, 9.17) is 5.73 Å². The molecular formula is C13H21FN2. The Balaban J connectivity index is 2.49. The zero-order chi connectivity index (χ0) is 11.8. The molecule has 0 fully saturated rings. The van der Waals surface area contributed by atoms with E-state index >= 15 is 0 Å². The van der Waals surface area contributed by atoms with Gasteiger partial charge in [0, 0.05) is 18.8 Å². The van der Waals surface area contributed by atoms with Crippen LogP contribution in [0.3, 0.4) is 0 Å². The predicted molar refractivity (Wildman–Crippen MR) is 67.0 cm³/mol. The summed E-state index contributed by atoms with van der Waals surface area (Å²) >= 11 is 0. The van der Waals surface area contributed by atoms with Crippen LogP contribution < -0.4 is 5.73 Å². The second kappa shape index (κ2) is 7.23. The maximum Gasteiger partial charge on any atom is 0.0906 e. The van der Waals surface area contributed by atoms with E-state index in [1.54, 1.807) is 0 Å². The fraction of sp³-hybridized carbons (Fsp3) is 0.538. The molecule has 0 aromatic heterocycles. The van der Waals surface area contributed by atoms with Crippen LogP contribution in [0.15, 0.2) is 24.3 Å². The van der Waals surface area contributed by atoms with E-state index in [1.807, 2.05) is 24.3 Å². The van der Waals surface area contributed by atoms with Gasteiger partial charge in [0.25, 0.3) is 0 Å². The van der Waals surface area contributed by atoms with Crippen molar-refractivity contribution in [1.82, 2.24) is 4.90 Å². The van der Waals surface area contributed by atoms with E-state index in [9.17, 15) is 4.39 Å². The molecular weight excluding hydrogens is 203 g/mol.